The Labute approximate surface area is 333 Å². The minimum atomic E-state index is 0.274. The van der Waals surface area contributed by atoms with Crippen molar-refractivity contribution < 1.29 is 18.9 Å². The number of rotatable bonds is 6. The van der Waals surface area contributed by atoms with Crippen molar-refractivity contribution in [3.63, 3.8) is 0 Å². The summed E-state index contributed by atoms with van der Waals surface area (Å²) in [7, 11) is 0. The van der Waals surface area contributed by atoms with E-state index in [2.05, 4.69) is 99.5 Å². The highest BCUT2D eigenvalue weighted by atomic mass is 35.5. The highest BCUT2D eigenvalue weighted by Gasteiger charge is 2.16. The number of nitrogens with two attached hydrogens (primary N) is 1. The Morgan fingerprint density at radius 2 is 1.09 bits per heavy atom. The Morgan fingerprint density at radius 3 is 1.67 bits per heavy atom. The second-order valence-corrected chi connectivity index (χ2v) is 14.0. The van der Waals surface area contributed by atoms with Crippen LogP contribution in [0.5, 0.6) is 23.0 Å². The van der Waals surface area contributed by atoms with Crippen molar-refractivity contribution in [2.45, 2.75) is 40.8 Å². The zero-order valence-electron chi connectivity index (χ0n) is 31.7. The number of anilines is 1. The number of hydrogen-bond acceptors (Lipinski definition) is 12. The monoisotopic (exact) mass is 782 g/mol. The molecule has 0 bridgehead atoms. The number of halogens is 1. The van der Waals surface area contributed by atoms with E-state index in [0.717, 1.165) is 73.4 Å². The largest absolute Gasteiger partial charge is 0.454 e. The van der Waals surface area contributed by atoms with E-state index in [0.29, 0.717) is 25.0 Å². The van der Waals surface area contributed by atoms with E-state index in [1.165, 1.54) is 28.6 Å². The molecule has 14 nitrogen and oxygen atoms in total. The van der Waals surface area contributed by atoms with Crippen LogP contribution in [0.3, 0.4) is 0 Å². The first-order valence-corrected chi connectivity index (χ1v) is 18.5. The number of nitrogens with zero attached hydrogens (tertiary/aromatic N) is 8. The lowest BCUT2D eigenvalue weighted by atomic mass is 10.1. The fourth-order valence-electron chi connectivity index (χ4n) is 6.63. The minimum Gasteiger partial charge on any atom is -0.454 e. The number of nitrogens with one attached hydrogen (secondary N) is 1. The Hall–Kier alpha value is -6.77. The average Bonchev–Trinajstić information content (AvgIpc) is 4.03. The summed E-state index contributed by atoms with van der Waals surface area (Å²) in [6.45, 7) is 10.0. The molecule has 0 fully saturated rings. The lowest BCUT2D eigenvalue weighted by Gasteiger charge is -2.08. The Balaban J connectivity index is 0.000000133. The Bertz CT molecular complexity index is 2690. The molecule has 0 radical (unpaired) electrons. The predicted octanol–water partition coefficient (Wildman–Crippen LogP) is 7.73. The number of benzene rings is 4. The molecule has 57 heavy (non-hydrogen) atoms. The fraction of sp³-hybridized carbons (Fsp3) is 0.190. The smallest absolute Gasteiger partial charge is 0.231 e. The molecular formula is C42H39ClN10O4. The van der Waals surface area contributed by atoms with E-state index in [1.54, 1.807) is 23.4 Å². The van der Waals surface area contributed by atoms with Gasteiger partial charge in [-0.1, -0.05) is 35.9 Å². The summed E-state index contributed by atoms with van der Waals surface area (Å²) in [6.07, 6.45) is 6.50. The number of hydrogen-bond donors (Lipinski definition) is 2. The van der Waals surface area contributed by atoms with Crippen LogP contribution in [0.1, 0.15) is 33.4 Å². The molecule has 4 aromatic carbocycles. The zero-order chi connectivity index (χ0) is 39.5. The molecule has 0 atom stereocenters. The van der Waals surface area contributed by atoms with Crippen LogP contribution < -0.4 is 30.0 Å². The van der Waals surface area contributed by atoms with Crippen molar-refractivity contribution >= 4 is 39.5 Å². The number of fused-ring (bicyclic) bond motifs is 4. The van der Waals surface area contributed by atoms with Gasteiger partial charge in [0.1, 0.15) is 23.6 Å². The standard InChI is InChI=1S/C21H19N5O2.C13H11ClN4.C8H9NO2/c1-13-5-14(2)7-16(6-13)26-21-17(10-25-26)20(23-11-24-21)22-9-15-3-4-18-19(8-15)28-12-27-18;1-8-3-9(2)5-10(4-8)18-13-11(6-17-18)12(14)15-7-16-13;9-4-6-1-2-7-8(3-6)11-5-10-7/h3-8,10-11H,9,12H2,1-2H3,(H,22,23,24);3-7H,1-2H3;1-3H,4-5,9H2. The molecule has 2 aliphatic heterocycles. The lowest BCUT2D eigenvalue weighted by Crippen LogP contribution is -2.03. The maximum Gasteiger partial charge on any atom is 0.231 e. The Kier molecular flexibility index (Phi) is 10.5. The molecule has 0 unspecified atom stereocenters. The maximum atomic E-state index is 6.02. The molecule has 0 aliphatic carbocycles. The van der Waals surface area contributed by atoms with Crippen LogP contribution in [0.2, 0.25) is 5.15 Å². The van der Waals surface area contributed by atoms with Crippen molar-refractivity contribution in [3.05, 3.63) is 136 Å². The third kappa shape index (κ3) is 8.13. The molecular weight excluding hydrogens is 744 g/mol. The number of ether oxygens (including phenoxy) is 4. The normalized spacial score (nSPS) is 12.2. The molecule has 4 aromatic heterocycles. The third-order valence-corrected chi connectivity index (χ3v) is 9.46. The fourth-order valence-corrected chi connectivity index (χ4v) is 6.81. The summed E-state index contributed by atoms with van der Waals surface area (Å²) < 4.78 is 24.7. The van der Waals surface area contributed by atoms with Gasteiger partial charge >= 0.3 is 0 Å². The van der Waals surface area contributed by atoms with E-state index in [9.17, 15) is 0 Å². The van der Waals surface area contributed by atoms with Gasteiger partial charge in [-0.05, 0) is 110 Å². The molecule has 3 N–H and O–H groups in total. The van der Waals surface area contributed by atoms with Gasteiger partial charge in [-0.2, -0.15) is 10.2 Å². The summed E-state index contributed by atoms with van der Waals surface area (Å²) in [4.78, 5) is 17.1. The van der Waals surface area contributed by atoms with Crippen molar-refractivity contribution in [2.24, 2.45) is 5.73 Å². The first kappa shape index (κ1) is 37.2. The van der Waals surface area contributed by atoms with Crippen LogP contribution in [-0.4, -0.2) is 53.1 Å². The molecule has 288 valence electrons. The van der Waals surface area contributed by atoms with Crippen molar-refractivity contribution in [3.8, 4) is 34.4 Å². The molecule has 0 amide bonds. The number of aryl methyl sites for hydroxylation is 4. The van der Waals surface area contributed by atoms with Crippen LogP contribution >= 0.6 is 11.6 Å². The maximum absolute atomic E-state index is 6.02. The van der Waals surface area contributed by atoms with Gasteiger partial charge in [-0.15, -0.1) is 0 Å². The van der Waals surface area contributed by atoms with Gasteiger partial charge in [-0.25, -0.2) is 29.3 Å². The first-order valence-electron chi connectivity index (χ1n) is 18.1. The topological polar surface area (TPSA) is 162 Å². The molecule has 2 aliphatic rings. The molecule has 0 saturated carbocycles. The molecule has 0 spiro atoms. The van der Waals surface area contributed by atoms with E-state index in [-0.39, 0.29) is 6.79 Å². The van der Waals surface area contributed by atoms with E-state index >= 15 is 0 Å². The average molecular weight is 783 g/mol. The van der Waals surface area contributed by atoms with E-state index < -0.39 is 0 Å². The molecule has 8 aromatic rings. The molecule has 10 rings (SSSR count). The zero-order valence-corrected chi connectivity index (χ0v) is 32.5. The van der Waals surface area contributed by atoms with Crippen LogP contribution in [0.15, 0.2) is 97.8 Å². The Morgan fingerprint density at radius 1 is 0.596 bits per heavy atom. The minimum absolute atomic E-state index is 0.274. The van der Waals surface area contributed by atoms with Crippen molar-refractivity contribution in [2.75, 3.05) is 18.9 Å². The second-order valence-electron chi connectivity index (χ2n) is 13.6. The van der Waals surface area contributed by atoms with Crippen molar-refractivity contribution in [1.29, 1.82) is 0 Å². The highest BCUT2D eigenvalue weighted by Crippen LogP contribution is 2.34. The summed E-state index contributed by atoms with van der Waals surface area (Å²) >= 11 is 6.02. The second kappa shape index (κ2) is 16.1. The molecule has 0 saturated heterocycles. The van der Waals surface area contributed by atoms with Gasteiger partial charge in [0.2, 0.25) is 13.6 Å². The molecule has 6 heterocycles. The van der Waals surface area contributed by atoms with Gasteiger partial charge in [0, 0.05) is 13.1 Å². The van der Waals surface area contributed by atoms with Crippen LogP contribution in [0.25, 0.3) is 33.4 Å². The van der Waals surface area contributed by atoms with Gasteiger partial charge in [-0.3, -0.25) is 0 Å². The van der Waals surface area contributed by atoms with Crippen LogP contribution in [-0.2, 0) is 13.1 Å². The van der Waals surface area contributed by atoms with Crippen molar-refractivity contribution in [1.82, 2.24) is 39.5 Å². The van der Waals surface area contributed by atoms with Gasteiger partial charge in [0.05, 0.1) is 34.5 Å². The molecule has 15 heteroatoms. The summed E-state index contributed by atoms with van der Waals surface area (Å²) in [5.74, 6) is 3.91. The first-order chi connectivity index (χ1) is 27.7. The third-order valence-electron chi connectivity index (χ3n) is 9.15. The summed E-state index contributed by atoms with van der Waals surface area (Å²) in [5.41, 5.74) is 15.8. The summed E-state index contributed by atoms with van der Waals surface area (Å²) in [6, 6.07) is 24.2. The summed E-state index contributed by atoms with van der Waals surface area (Å²) in [5, 5.41) is 14.3. The lowest BCUT2D eigenvalue weighted by molar-refractivity contribution is 0.173. The van der Waals surface area contributed by atoms with Gasteiger partial charge in [0.25, 0.3) is 0 Å². The quantitative estimate of drug-likeness (QED) is 0.158. The van der Waals surface area contributed by atoms with Gasteiger partial charge < -0.3 is 30.0 Å². The van der Waals surface area contributed by atoms with E-state index in [1.807, 2.05) is 41.1 Å². The SMILES string of the molecule is Cc1cc(C)cc(-n2ncc3c(Cl)ncnc32)c1.Cc1cc(C)cc(-n2ncc3c(NCc4ccc5c(c4)OCO5)ncnc32)c1.NCc1ccc2c(c1)OCO2. The predicted molar refractivity (Wildman–Crippen MR) is 218 cm³/mol. The highest BCUT2D eigenvalue weighted by molar-refractivity contribution is 6.33. The van der Waals surface area contributed by atoms with Crippen LogP contribution in [0, 0.1) is 27.7 Å². The van der Waals surface area contributed by atoms with E-state index in [4.69, 9.17) is 36.3 Å². The van der Waals surface area contributed by atoms with Crippen LogP contribution in [0.4, 0.5) is 5.82 Å². The number of aromatic nitrogens is 8. The van der Waals surface area contributed by atoms with Gasteiger partial charge in [0.15, 0.2) is 34.3 Å².